The van der Waals surface area contributed by atoms with E-state index in [1.807, 2.05) is 30.3 Å². The number of sulfone groups is 1. The van der Waals surface area contributed by atoms with Gasteiger partial charge in [-0.25, -0.2) is 18.0 Å². The summed E-state index contributed by atoms with van der Waals surface area (Å²) in [6.45, 7) is 7.82. The predicted molar refractivity (Wildman–Crippen MR) is 145 cm³/mol. The van der Waals surface area contributed by atoms with Crippen molar-refractivity contribution in [2.45, 2.75) is 62.9 Å². The first-order valence-corrected chi connectivity index (χ1v) is 14.0. The standard InChI is InChI=1S/C22H29ClN2O2S.C4H6O6/c1-22(2,3)28(26,27)15-17-6-4-16(5-7-17)14-25-21-19-11-13-24-12-10-18(19)8-9-20(21)23;5-1(3(7)8)2(6)4(9)10/h4-9,24-25H,10-15H2,1-3H3;1-2,5-6H,(H,7,8)(H,9,10)/t;1-,2-/m.1/s1. The minimum absolute atomic E-state index is 0.0647. The number of fused-ring (bicyclic) bond motifs is 1. The van der Waals surface area contributed by atoms with Crippen LogP contribution in [0.4, 0.5) is 5.69 Å². The van der Waals surface area contributed by atoms with Crippen LogP contribution in [0.5, 0.6) is 0 Å². The number of aliphatic hydroxyl groups excluding tert-OH is 2. The van der Waals surface area contributed by atoms with Gasteiger partial charge in [0, 0.05) is 6.54 Å². The number of carbonyl (C=O) groups is 2. The summed E-state index contributed by atoms with van der Waals surface area (Å²) in [6.07, 6.45) is -2.56. The van der Waals surface area contributed by atoms with Crippen molar-refractivity contribution in [3.05, 3.63) is 63.7 Å². The van der Waals surface area contributed by atoms with E-state index in [4.69, 9.17) is 32.0 Å². The minimum atomic E-state index is -3.18. The van der Waals surface area contributed by atoms with Gasteiger partial charge in [0.2, 0.25) is 0 Å². The van der Waals surface area contributed by atoms with Crippen LogP contribution in [0.3, 0.4) is 0 Å². The molecule has 0 amide bonds. The Labute approximate surface area is 227 Å². The number of aliphatic hydroxyl groups is 2. The van der Waals surface area contributed by atoms with E-state index in [2.05, 4.69) is 16.7 Å². The summed E-state index contributed by atoms with van der Waals surface area (Å²) in [5.74, 6) is -3.47. The average molecular weight is 571 g/mol. The smallest absolute Gasteiger partial charge is 0.335 e. The van der Waals surface area contributed by atoms with Crippen molar-refractivity contribution in [2.75, 3.05) is 18.4 Å². The van der Waals surface area contributed by atoms with Gasteiger partial charge in [0.15, 0.2) is 22.0 Å². The minimum Gasteiger partial charge on any atom is -0.479 e. The van der Waals surface area contributed by atoms with Gasteiger partial charge >= 0.3 is 11.9 Å². The number of benzene rings is 2. The molecule has 1 heterocycles. The molecule has 210 valence electrons. The van der Waals surface area contributed by atoms with Gasteiger partial charge in [0.05, 0.1) is 21.2 Å². The lowest BCUT2D eigenvalue weighted by molar-refractivity contribution is -0.165. The van der Waals surface area contributed by atoms with E-state index in [0.717, 1.165) is 47.8 Å². The number of carboxylic acid groups (broad SMARTS) is 2. The molecule has 3 rings (SSSR count). The van der Waals surface area contributed by atoms with Crippen LogP contribution in [-0.2, 0) is 44.6 Å². The van der Waals surface area contributed by atoms with E-state index >= 15 is 0 Å². The first kappa shape index (κ1) is 31.5. The Bertz CT molecular complexity index is 1210. The first-order valence-electron chi connectivity index (χ1n) is 12.0. The van der Waals surface area contributed by atoms with Crippen LogP contribution in [0, 0.1) is 0 Å². The second-order valence-electron chi connectivity index (χ2n) is 9.92. The average Bonchev–Trinajstić information content (AvgIpc) is 3.08. The van der Waals surface area contributed by atoms with Crippen LogP contribution in [0.1, 0.15) is 43.0 Å². The largest absolute Gasteiger partial charge is 0.479 e. The number of anilines is 1. The fourth-order valence-corrected chi connectivity index (χ4v) is 4.89. The van der Waals surface area contributed by atoms with E-state index in [1.54, 1.807) is 20.8 Å². The van der Waals surface area contributed by atoms with Crippen LogP contribution in [0.15, 0.2) is 36.4 Å². The van der Waals surface area contributed by atoms with Crippen molar-refractivity contribution in [1.29, 1.82) is 0 Å². The van der Waals surface area contributed by atoms with Crippen molar-refractivity contribution in [1.82, 2.24) is 5.32 Å². The van der Waals surface area contributed by atoms with Crippen molar-refractivity contribution in [2.24, 2.45) is 0 Å². The highest BCUT2D eigenvalue weighted by Crippen LogP contribution is 2.31. The molecule has 2 atom stereocenters. The molecule has 10 nitrogen and oxygen atoms in total. The monoisotopic (exact) mass is 570 g/mol. The van der Waals surface area contributed by atoms with E-state index < -0.39 is 38.7 Å². The van der Waals surface area contributed by atoms with Crippen LogP contribution in [0.2, 0.25) is 5.02 Å². The summed E-state index contributed by atoms with van der Waals surface area (Å²) in [5.41, 5.74) is 5.57. The van der Waals surface area contributed by atoms with Crippen molar-refractivity contribution < 1.29 is 38.4 Å². The molecule has 12 heteroatoms. The third-order valence-corrected chi connectivity index (χ3v) is 8.96. The molecule has 0 aliphatic carbocycles. The zero-order valence-electron chi connectivity index (χ0n) is 21.6. The Morgan fingerprint density at radius 2 is 1.47 bits per heavy atom. The molecule has 0 spiro atoms. The predicted octanol–water partition coefficient (Wildman–Crippen LogP) is 2.23. The van der Waals surface area contributed by atoms with Gasteiger partial charge in [-0.15, -0.1) is 0 Å². The fraction of sp³-hybridized carbons (Fsp3) is 0.462. The molecule has 0 bridgehead atoms. The number of rotatable bonds is 8. The van der Waals surface area contributed by atoms with Crippen LogP contribution >= 0.6 is 11.6 Å². The summed E-state index contributed by atoms with van der Waals surface area (Å²) >= 11 is 6.47. The SMILES string of the molecule is CC(C)(C)S(=O)(=O)Cc1ccc(CNc2c(Cl)ccc3c2CCNCC3)cc1.O=C(O)[C@H](O)[C@@H](O)C(=O)O. The number of hydrogen-bond acceptors (Lipinski definition) is 8. The quantitative estimate of drug-likeness (QED) is 0.276. The molecular formula is C26H35ClN2O8S. The number of carboxylic acids is 2. The lowest BCUT2D eigenvalue weighted by Gasteiger charge is -2.19. The van der Waals surface area contributed by atoms with Gasteiger partial charge in [0.25, 0.3) is 0 Å². The summed E-state index contributed by atoms with van der Waals surface area (Å²) in [7, 11) is -3.18. The Morgan fingerprint density at radius 3 is 2.00 bits per heavy atom. The Balaban J connectivity index is 0.000000432. The molecule has 0 unspecified atom stereocenters. The second kappa shape index (κ2) is 13.4. The van der Waals surface area contributed by atoms with Crippen molar-refractivity contribution in [3.63, 3.8) is 0 Å². The molecule has 6 N–H and O–H groups in total. The fourth-order valence-electron chi connectivity index (χ4n) is 3.58. The Hall–Kier alpha value is -2.70. The number of aliphatic carboxylic acids is 2. The highest BCUT2D eigenvalue weighted by Gasteiger charge is 2.30. The lowest BCUT2D eigenvalue weighted by atomic mass is 10.0. The second-order valence-corrected chi connectivity index (χ2v) is 13.1. The van der Waals surface area contributed by atoms with Crippen LogP contribution in [-0.4, -0.2) is 70.8 Å². The number of hydrogen-bond donors (Lipinski definition) is 6. The maximum atomic E-state index is 12.4. The summed E-state index contributed by atoms with van der Waals surface area (Å²) < 4.78 is 24.0. The van der Waals surface area contributed by atoms with Gasteiger partial charge in [-0.2, -0.15) is 0 Å². The lowest BCUT2D eigenvalue weighted by Crippen LogP contribution is -2.39. The van der Waals surface area contributed by atoms with Gasteiger partial charge in [-0.05, 0) is 75.0 Å². The molecule has 0 aromatic heterocycles. The van der Waals surface area contributed by atoms with Gasteiger partial charge < -0.3 is 31.1 Å². The maximum absolute atomic E-state index is 12.4. The molecule has 2 aromatic carbocycles. The molecule has 0 saturated heterocycles. The molecule has 1 aliphatic rings. The number of halogens is 1. The Morgan fingerprint density at radius 1 is 0.947 bits per heavy atom. The van der Waals surface area contributed by atoms with E-state index in [-0.39, 0.29) is 5.75 Å². The highest BCUT2D eigenvalue weighted by atomic mass is 35.5. The highest BCUT2D eigenvalue weighted by molar-refractivity contribution is 7.91. The molecular weight excluding hydrogens is 536 g/mol. The molecule has 0 fully saturated rings. The van der Waals surface area contributed by atoms with E-state index in [9.17, 15) is 18.0 Å². The molecule has 38 heavy (non-hydrogen) atoms. The van der Waals surface area contributed by atoms with Crippen LogP contribution in [0.25, 0.3) is 0 Å². The summed E-state index contributed by atoms with van der Waals surface area (Å²) in [5, 5.41) is 40.2. The van der Waals surface area contributed by atoms with E-state index in [0.29, 0.717) is 6.54 Å². The van der Waals surface area contributed by atoms with Gasteiger partial charge in [-0.3, -0.25) is 0 Å². The van der Waals surface area contributed by atoms with Gasteiger partial charge in [-0.1, -0.05) is 41.9 Å². The zero-order chi connectivity index (χ0) is 28.7. The number of nitrogens with one attached hydrogen (secondary N) is 2. The molecule has 2 aromatic rings. The normalized spacial score (nSPS) is 15.2. The van der Waals surface area contributed by atoms with Gasteiger partial charge in [0.1, 0.15) is 0 Å². The third-order valence-electron chi connectivity index (χ3n) is 6.07. The maximum Gasteiger partial charge on any atom is 0.335 e. The zero-order valence-corrected chi connectivity index (χ0v) is 23.1. The summed E-state index contributed by atoms with van der Waals surface area (Å²) in [6, 6.07) is 11.9. The van der Waals surface area contributed by atoms with Crippen molar-refractivity contribution >= 4 is 39.1 Å². The molecule has 0 saturated carbocycles. The van der Waals surface area contributed by atoms with E-state index in [1.165, 1.54) is 11.1 Å². The van der Waals surface area contributed by atoms with Crippen LogP contribution < -0.4 is 10.6 Å². The third kappa shape index (κ3) is 8.67. The Kier molecular flexibility index (Phi) is 11.1. The van der Waals surface area contributed by atoms with Crippen molar-refractivity contribution in [3.8, 4) is 0 Å². The topological polar surface area (TPSA) is 173 Å². The molecule has 1 aliphatic heterocycles. The first-order chi connectivity index (χ1) is 17.6. The summed E-state index contributed by atoms with van der Waals surface area (Å²) in [4.78, 5) is 19.5. The molecule has 0 radical (unpaired) electrons.